The van der Waals surface area contributed by atoms with Gasteiger partial charge in [-0.15, -0.1) is 0 Å². The zero-order chi connectivity index (χ0) is 18.3. The number of nitrogens with zero attached hydrogens (tertiary/aromatic N) is 2. The molecule has 2 aromatic heterocycles. The van der Waals surface area contributed by atoms with Gasteiger partial charge in [0.2, 0.25) is 0 Å². The van der Waals surface area contributed by atoms with E-state index in [0.717, 1.165) is 21.8 Å². The zero-order valence-corrected chi connectivity index (χ0v) is 15.0. The molecule has 0 saturated carbocycles. The van der Waals surface area contributed by atoms with E-state index in [1.807, 2.05) is 30.5 Å². The van der Waals surface area contributed by atoms with Crippen molar-refractivity contribution in [2.45, 2.75) is 6.61 Å². The molecule has 4 rings (SSSR count). The lowest BCUT2D eigenvalue weighted by molar-refractivity contribution is 0.269. The van der Waals surface area contributed by atoms with Crippen LogP contribution in [0.4, 0.5) is 8.78 Å². The van der Waals surface area contributed by atoms with Gasteiger partial charge >= 0.3 is 0 Å². The first kappa shape index (κ1) is 16.9. The number of fused-ring (bicyclic) bond motifs is 1. The minimum atomic E-state index is -0.755. The van der Waals surface area contributed by atoms with Crippen molar-refractivity contribution in [2.75, 3.05) is 0 Å². The van der Waals surface area contributed by atoms with Crippen LogP contribution in [-0.4, -0.2) is 14.5 Å². The molecule has 0 spiro atoms. The lowest BCUT2D eigenvalue weighted by Gasteiger charge is -2.08. The second-order valence-corrected chi connectivity index (χ2v) is 6.78. The van der Waals surface area contributed by atoms with Gasteiger partial charge in [0.05, 0.1) is 12.3 Å². The highest BCUT2D eigenvalue weighted by Crippen LogP contribution is 2.28. The van der Waals surface area contributed by atoms with E-state index in [0.29, 0.717) is 11.2 Å². The Balaban J connectivity index is 1.82. The van der Waals surface area contributed by atoms with Crippen LogP contribution >= 0.6 is 15.9 Å². The predicted octanol–water partition coefficient (Wildman–Crippen LogP) is 5.20. The second kappa shape index (κ2) is 6.63. The third-order valence-corrected chi connectivity index (χ3v) is 4.72. The van der Waals surface area contributed by atoms with Crippen molar-refractivity contribution in [3.8, 4) is 22.4 Å². The minimum Gasteiger partial charge on any atom is -0.391 e. The number of rotatable bonds is 3. The van der Waals surface area contributed by atoms with Crippen LogP contribution in [0.25, 0.3) is 28.0 Å². The highest BCUT2D eigenvalue weighted by molar-refractivity contribution is 9.10. The van der Waals surface area contributed by atoms with Gasteiger partial charge in [0.15, 0.2) is 0 Å². The summed E-state index contributed by atoms with van der Waals surface area (Å²) in [5, 5.41) is 9.20. The van der Waals surface area contributed by atoms with Crippen LogP contribution in [0, 0.1) is 11.6 Å². The third-order valence-electron chi connectivity index (χ3n) is 4.23. The van der Waals surface area contributed by atoms with Gasteiger partial charge in [0.25, 0.3) is 0 Å². The maximum atomic E-state index is 14.5. The molecule has 6 heteroatoms. The quantitative estimate of drug-likeness (QED) is 0.500. The lowest BCUT2D eigenvalue weighted by Crippen LogP contribution is -1.98. The van der Waals surface area contributed by atoms with Crippen molar-refractivity contribution in [1.29, 1.82) is 0 Å². The number of hydrogen-bond donors (Lipinski definition) is 1. The summed E-state index contributed by atoms with van der Waals surface area (Å²) >= 11 is 3.45. The summed E-state index contributed by atoms with van der Waals surface area (Å²) in [5.74, 6) is -1.51. The Morgan fingerprint density at radius 2 is 1.85 bits per heavy atom. The minimum absolute atomic E-state index is 0.232. The Bertz CT molecular complexity index is 1120. The second-order valence-electron chi connectivity index (χ2n) is 5.87. The number of aliphatic hydroxyl groups is 1. The molecule has 0 bridgehead atoms. The van der Waals surface area contributed by atoms with Gasteiger partial charge < -0.3 is 9.51 Å². The molecule has 0 aliphatic heterocycles. The van der Waals surface area contributed by atoms with Gasteiger partial charge in [-0.1, -0.05) is 28.1 Å². The van der Waals surface area contributed by atoms with Crippen molar-refractivity contribution in [3.05, 3.63) is 82.6 Å². The maximum Gasteiger partial charge on any atom is 0.139 e. The molecule has 0 saturated heterocycles. The Labute approximate surface area is 156 Å². The number of halogens is 3. The summed E-state index contributed by atoms with van der Waals surface area (Å²) in [4.78, 5) is 4.58. The monoisotopic (exact) mass is 414 g/mol. The van der Waals surface area contributed by atoms with Crippen LogP contribution in [0.2, 0.25) is 0 Å². The van der Waals surface area contributed by atoms with Gasteiger partial charge in [-0.05, 0) is 36.4 Å². The first-order chi connectivity index (χ1) is 12.6. The molecule has 4 aromatic rings. The van der Waals surface area contributed by atoms with Crippen LogP contribution in [0.15, 0.2) is 65.4 Å². The molecular weight excluding hydrogens is 402 g/mol. The fourth-order valence-corrected chi connectivity index (χ4v) is 3.30. The number of aromatic nitrogens is 2. The SMILES string of the molecule is OCc1c(F)ccc(-c2ccc3nc(-c4cccc(Br)c4)cn3c2)c1F. The molecule has 0 radical (unpaired) electrons. The zero-order valence-electron chi connectivity index (χ0n) is 13.5. The topological polar surface area (TPSA) is 37.5 Å². The average molecular weight is 415 g/mol. The van der Waals surface area contributed by atoms with Gasteiger partial charge in [-0.3, -0.25) is 0 Å². The van der Waals surface area contributed by atoms with Crippen molar-refractivity contribution < 1.29 is 13.9 Å². The summed E-state index contributed by atoms with van der Waals surface area (Å²) in [7, 11) is 0. The van der Waals surface area contributed by atoms with Crippen LogP contribution in [0.5, 0.6) is 0 Å². The first-order valence-electron chi connectivity index (χ1n) is 7.89. The number of pyridine rings is 1. The number of benzene rings is 2. The Hall–Kier alpha value is -2.57. The van der Waals surface area contributed by atoms with Gasteiger partial charge in [-0.25, -0.2) is 13.8 Å². The largest absolute Gasteiger partial charge is 0.391 e. The molecule has 0 unspecified atom stereocenters. The molecule has 2 heterocycles. The molecule has 3 nitrogen and oxygen atoms in total. The van der Waals surface area contributed by atoms with E-state index in [-0.39, 0.29) is 11.1 Å². The summed E-state index contributed by atoms with van der Waals surface area (Å²) in [6.07, 6.45) is 3.59. The molecular formula is C20H13BrF2N2O. The summed E-state index contributed by atoms with van der Waals surface area (Å²) in [6.45, 7) is -0.689. The highest BCUT2D eigenvalue weighted by atomic mass is 79.9. The third kappa shape index (κ3) is 2.91. The van der Waals surface area contributed by atoms with E-state index < -0.39 is 18.2 Å². The van der Waals surface area contributed by atoms with E-state index in [1.54, 1.807) is 22.7 Å². The lowest BCUT2D eigenvalue weighted by atomic mass is 10.0. The molecule has 0 aliphatic carbocycles. The number of aliphatic hydroxyl groups excluding tert-OH is 1. The van der Waals surface area contributed by atoms with E-state index in [1.165, 1.54) is 6.07 Å². The van der Waals surface area contributed by atoms with Crippen LogP contribution < -0.4 is 0 Å². The van der Waals surface area contributed by atoms with Crippen molar-refractivity contribution in [2.24, 2.45) is 0 Å². The molecule has 0 aliphatic rings. The normalized spacial score (nSPS) is 11.2. The smallest absolute Gasteiger partial charge is 0.139 e. The van der Waals surface area contributed by atoms with E-state index in [9.17, 15) is 13.9 Å². The van der Waals surface area contributed by atoms with Gasteiger partial charge in [-0.2, -0.15) is 0 Å². The van der Waals surface area contributed by atoms with Crippen molar-refractivity contribution >= 4 is 21.6 Å². The highest BCUT2D eigenvalue weighted by Gasteiger charge is 2.15. The molecule has 2 aromatic carbocycles. The van der Waals surface area contributed by atoms with Crippen molar-refractivity contribution in [3.63, 3.8) is 0 Å². The molecule has 0 atom stereocenters. The average Bonchev–Trinajstić information content (AvgIpc) is 3.05. The number of imidazole rings is 1. The number of hydrogen-bond acceptors (Lipinski definition) is 2. The molecule has 130 valence electrons. The van der Waals surface area contributed by atoms with E-state index >= 15 is 0 Å². The predicted molar refractivity (Wildman–Crippen MR) is 99.6 cm³/mol. The fraction of sp³-hybridized carbons (Fsp3) is 0.0500. The Morgan fingerprint density at radius 3 is 2.62 bits per heavy atom. The van der Waals surface area contributed by atoms with E-state index in [4.69, 9.17) is 0 Å². The first-order valence-corrected chi connectivity index (χ1v) is 8.69. The molecule has 0 amide bonds. The standard InChI is InChI=1S/C20H13BrF2N2O/c21-14-3-1-2-12(8-14)18-10-25-9-13(4-7-19(25)24-18)15-5-6-17(22)16(11-26)20(15)23/h1-10,26H,11H2. The summed E-state index contributed by atoms with van der Waals surface area (Å²) in [6, 6.07) is 13.8. The van der Waals surface area contributed by atoms with E-state index in [2.05, 4.69) is 20.9 Å². The molecule has 26 heavy (non-hydrogen) atoms. The fourth-order valence-electron chi connectivity index (χ4n) is 2.90. The molecule has 0 fully saturated rings. The van der Waals surface area contributed by atoms with Crippen LogP contribution in [0.3, 0.4) is 0 Å². The summed E-state index contributed by atoms with van der Waals surface area (Å²) < 4.78 is 30.9. The van der Waals surface area contributed by atoms with Crippen LogP contribution in [-0.2, 0) is 6.61 Å². The summed E-state index contributed by atoms with van der Waals surface area (Å²) in [5.41, 5.74) is 2.94. The van der Waals surface area contributed by atoms with Gasteiger partial charge in [0, 0.05) is 39.1 Å². The van der Waals surface area contributed by atoms with Gasteiger partial charge in [0.1, 0.15) is 17.3 Å². The van der Waals surface area contributed by atoms with Crippen LogP contribution in [0.1, 0.15) is 5.56 Å². The maximum absolute atomic E-state index is 14.5. The Morgan fingerprint density at radius 1 is 1.00 bits per heavy atom. The Kier molecular flexibility index (Phi) is 4.30. The molecule has 1 N–H and O–H groups in total. The van der Waals surface area contributed by atoms with Crippen molar-refractivity contribution in [1.82, 2.24) is 9.38 Å².